The van der Waals surface area contributed by atoms with Crippen molar-refractivity contribution in [3.63, 3.8) is 0 Å². The Labute approximate surface area is 62.4 Å². The maximum atomic E-state index is 10.6. The largest absolute Gasteiger partial charge is 0.289 e. The molecule has 0 aliphatic rings. The van der Waals surface area contributed by atoms with Gasteiger partial charge in [0.15, 0.2) is 0 Å². The molecule has 58 valence electrons. The molecule has 0 saturated heterocycles. The fraction of sp³-hybridized carbons (Fsp3) is 0.200. The summed E-state index contributed by atoms with van der Waals surface area (Å²) in [6.07, 6.45) is 2.62. The second-order valence-electron chi connectivity index (χ2n) is 1.68. The first-order valence-electron chi connectivity index (χ1n) is 2.98. The van der Waals surface area contributed by atoms with Gasteiger partial charge in [-0.3, -0.25) is 9.78 Å². The highest BCUT2D eigenvalue weighted by Gasteiger charge is 1.89. The first-order chi connectivity index (χ1) is 5.33. The molecule has 0 aliphatic heterocycles. The Hall–Kier alpha value is -1.72. The lowest BCUT2D eigenvalue weighted by Crippen LogP contribution is -2.10. The van der Waals surface area contributed by atoms with E-state index < -0.39 is 0 Å². The molecule has 0 spiro atoms. The van der Waals surface area contributed by atoms with Gasteiger partial charge >= 0.3 is 0 Å². The number of H-pyrrole nitrogens is 1. The monoisotopic (exact) mass is 153 g/mol. The summed E-state index contributed by atoms with van der Waals surface area (Å²) in [5, 5.41) is 10.6. The number of hydrazone groups is 1. The van der Waals surface area contributed by atoms with E-state index in [0.717, 1.165) is 6.20 Å². The predicted octanol–water partition coefficient (Wildman–Crippen LogP) is -0.418. The first kappa shape index (κ1) is 7.39. The van der Waals surface area contributed by atoms with Crippen LogP contribution in [-0.2, 0) is 0 Å². The Morgan fingerprint density at radius 3 is 3.27 bits per heavy atom. The highest BCUT2D eigenvalue weighted by molar-refractivity contribution is 5.54. The van der Waals surface area contributed by atoms with Crippen LogP contribution in [0.5, 0.6) is 0 Å². The third-order valence-electron chi connectivity index (χ3n) is 0.874. The van der Waals surface area contributed by atoms with Gasteiger partial charge < -0.3 is 0 Å². The van der Waals surface area contributed by atoms with Crippen molar-refractivity contribution in [3.05, 3.63) is 16.6 Å². The van der Waals surface area contributed by atoms with E-state index in [-0.39, 0.29) is 11.5 Å². The summed E-state index contributed by atoms with van der Waals surface area (Å²) in [5.74, 6) is 0.232. The summed E-state index contributed by atoms with van der Waals surface area (Å²) >= 11 is 0. The molecule has 0 radical (unpaired) electrons. The molecule has 0 atom stereocenters. The smallest absolute Gasteiger partial charge is 0.271 e. The Morgan fingerprint density at radius 1 is 1.82 bits per heavy atom. The fourth-order valence-electron chi connectivity index (χ4n) is 0.489. The number of nitrogens with one attached hydrogen (secondary N) is 2. The lowest BCUT2D eigenvalue weighted by Gasteiger charge is -1.93. The normalized spacial score (nSPS) is 10.3. The molecule has 0 saturated carbocycles. The number of anilines is 1. The van der Waals surface area contributed by atoms with Crippen molar-refractivity contribution in [2.45, 2.75) is 6.92 Å². The molecular weight excluding hydrogens is 146 g/mol. The van der Waals surface area contributed by atoms with Gasteiger partial charge in [0.25, 0.3) is 5.56 Å². The molecule has 0 fully saturated rings. The molecule has 11 heavy (non-hydrogen) atoms. The number of rotatable bonds is 2. The highest BCUT2D eigenvalue weighted by atomic mass is 16.1. The van der Waals surface area contributed by atoms with Gasteiger partial charge in [0.2, 0.25) is 5.95 Å². The SMILES string of the molecule is CC=NNc1nncc(=O)[nH]1. The third-order valence-corrected chi connectivity index (χ3v) is 0.874. The van der Waals surface area contributed by atoms with Crippen molar-refractivity contribution in [2.75, 3.05) is 5.43 Å². The maximum absolute atomic E-state index is 10.6. The average molecular weight is 153 g/mol. The lowest BCUT2D eigenvalue weighted by molar-refractivity contribution is 0.939. The van der Waals surface area contributed by atoms with Crippen LogP contribution in [0, 0.1) is 0 Å². The highest BCUT2D eigenvalue weighted by Crippen LogP contribution is 1.86. The van der Waals surface area contributed by atoms with Crippen LogP contribution in [-0.4, -0.2) is 21.4 Å². The van der Waals surface area contributed by atoms with Crippen LogP contribution in [0.25, 0.3) is 0 Å². The van der Waals surface area contributed by atoms with Crippen molar-refractivity contribution in [3.8, 4) is 0 Å². The summed E-state index contributed by atoms with van der Waals surface area (Å²) in [4.78, 5) is 13.0. The quantitative estimate of drug-likeness (QED) is 0.446. The van der Waals surface area contributed by atoms with Crippen molar-refractivity contribution >= 4 is 12.2 Å². The van der Waals surface area contributed by atoms with Crippen molar-refractivity contribution in [1.29, 1.82) is 0 Å². The van der Waals surface area contributed by atoms with Crippen LogP contribution in [0.4, 0.5) is 5.95 Å². The lowest BCUT2D eigenvalue weighted by atomic mass is 10.8. The van der Waals surface area contributed by atoms with Crippen LogP contribution in [0.2, 0.25) is 0 Å². The van der Waals surface area contributed by atoms with Crippen molar-refractivity contribution in [2.24, 2.45) is 5.10 Å². The topological polar surface area (TPSA) is 83.0 Å². The van der Waals surface area contributed by atoms with E-state index in [1.54, 1.807) is 6.92 Å². The Morgan fingerprint density at radius 2 is 2.64 bits per heavy atom. The molecular formula is C5H7N5O. The van der Waals surface area contributed by atoms with Gasteiger partial charge in [-0.05, 0) is 6.92 Å². The number of nitrogens with zero attached hydrogens (tertiary/aromatic N) is 3. The zero-order chi connectivity index (χ0) is 8.10. The van der Waals surface area contributed by atoms with Crippen molar-refractivity contribution < 1.29 is 0 Å². The molecule has 0 unspecified atom stereocenters. The maximum Gasteiger partial charge on any atom is 0.271 e. The Bertz CT molecular complexity index is 304. The zero-order valence-corrected chi connectivity index (χ0v) is 5.90. The number of hydrogen-bond donors (Lipinski definition) is 2. The minimum absolute atomic E-state index is 0.232. The van der Waals surface area contributed by atoms with E-state index in [1.165, 1.54) is 6.21 Å². The van der Waals surface area contributed by atoms with E-state index in [2.05, 4.69) is 25.7 Å². The predicted molar refractivity (Wildman–Crippen MR) is 40.4 cm³/mol. The Kier molecular flexibility index (Phi) is 2.32. The summed E-state index contributed by atoms with van der Waals surface area (Å²) in [6.45, 7) is 1.74. The van der Waals surface area contributed by atoms with Crippen LogP contribution < -0.4 is 11.0 Å². The number of aromatic amines is 1. The minimum Gasteiger partial charge on any atom is -0.289 e. The summed E-state index contributed by atoms with van der Waals surface area (Å²) in [7, 11) is 0. The standard InChI is InChI=1S/C5H7N5O/c1-2-6-9-5-8-4(11)3-7-10-5/h2-3H,1H3,(H2,8,9,10,11). The van der Waals surface area contributed by atoms with Crippen LogP contribution in [0.3, 0.4) is 0 Å². The molecule has 1 heterocycles. The van der Waals surface area contributed by atoms with Gasteiger partial charge in [-0.15, -0.1) is 10.2 Å². The van der Waals surface area contributed by atoms with E-state index in [1.807, 2.05) is 0 Å². The number of aromatic nitrogens is 3. The van der Waals surface area contributed by atoms with Crippen LogP contribution in [0.1, 0.15) is 6.92 Å². The molecule has 0 aromatic carbocycles. The molecule has 6 heteroatoms. The van der Waals surface area contributed by atoms with E-state index in [4.69, 9.17) is 0 Å². The molecule has 1 rings (SSSR count). The summed E-state index contributed by atoms with van der Waals surface area (Å²) in [6, 6.07) is 0. The fourth-order valence-corrected chi connectivity index (χ4v) is 0.489. The van der Waals surface area contributed by atoms with Gasteiger partial charge in [0, 0.05) is 6.21 Å². The van der Waals surface area contributed by atoms with E-state index >= 15 is 0 Å². The van der Waals surface area contributed by atoms with Gasteiger partial charge in [-0.25, -0.2) is 5.43 Å². The van der Waals surface area contributed by atoms with Gasteiger partial charge in [0.1, 0.15) is 6.20 Å². The molecule has 0 amide bonds. The summed E-state index contributed by atoms with van der Waals surface area (Å²) in [5.41, 5.74) is 2.16. The van der Waals surface area contributed by atoms with Gasteiger partial charge in [0.05, 0.1) is 0 Å². The zero-order valence-electron chi connectivity index (χ0n) is 5.90. The molecule has 0 bridgehead atoms. The van der Waals surface area contributed by atoms with E-state index in [0.29, 0.717) is 0 Å². The van der Waals surface area contributed by atoms with E-state index in [9.17, 15) is 4.79 Å². The molecule has 1 aromatic heterocycles. The van der Waals surface area contributed by atoms with Crippen molar-refractivity contribution in [1.82, 2.24) is 15.2 Å². The number of hydrogen-bond acceptors (Lipinski definition) is 5. The molecule has 1 aromatic rings. The van der Waals surface area contributed by atoms with Crippen LogP contribution >= 0.6 is 0 Å². The second-order valence-corrected chi connectivity index (χ2v) is 1.68. The second kappa shape index (κ2) is 3.45. The van der Waals surface area contributed by atoms with Gasteiger partial charge in [-0.1, -0.05) is 0 Å². The molecule has 2 N–H and O–H groups in total. The van der Waals surface area contributed by atoms with Gasteiger partial charge in [-0.2, -0.15) is 5.10 Å². The minimum atomic E-state index is -0.311. The average Bonchev–Trinajstić information content (AvgIpc) is 2.01. The summed E-state index contributed by atoms with van der Waals surface area (Å²) < 4.78 is 0. The molecule has 6 nitrogen and oxygen atoms in total. The first-order valence-corrected chi connectivity index (χ1v) is 2.98. The molecule has 0 aliphatic carbocycles. The Balaban J connectivity index is 2.79. The third kappa shape index (κ3) is 2.17. The van der Waals surface area contributed by atoms with Crippen LogP contribution in [0.15, 0.2) is 16.1 Å².